The van der Waals surface area contributed by atoms with Crippen LogP contribution in [-0.4, -0.2) is 36.3 Å². The van der Waals surface area contributed by atoms with E-state index in [1.54, 1.807) is 6.07 Å². The first kappa shape index (κ1) is 19.6. The number of ether oxygens (including phenoxy) is 1. The Balaban J connectivity index is 1.49. The molecule has 7 nitrogen and oxygen atoms in total. The molecule has 1 aliphatic rings. The molecule has 0 unspecified atom stereocenters. The normalized spacial score (nSPS) is 13.0. The standard InChI is InChI=1S/C25H18N2O5/c1-3-10-27-24(29)16-9-8-14(11-18(16)25(27)30)23(28)26-19-13-21-17(12-22(19)31-2)15-6-4-5-7-20(15)32-21/h3-9,11-13H,1,10H2,2H3,(H,26,28). The van der Waals surface area contributed by atoms with Crippen molar-refractivity contribution in [1.82, 2.24) is 4.90 Å². The zero-order valence-corrected chi connectivity index (χ0v) is 17.2. The second-order valence-electron chi connectivity index (χ2n) is 7.37. The van der Waals surface area contributed by atoms with Crippen LogP contribution >= 0.6 is 0 Å². The molecule has 3 aromatic carbocycles. The Bertz CT molecular complexity index is 1450. The van der Waals surface area contributed by atoms with E-state index in [4.69, 9.17) is 9.15 Å². The third kappa shape index (κ3) is 2.94. The summed E-state index contributed by atoms with van der Waals surface area (Å²) in [6.45, 7) is 3.68. The number of fused-ring (bicyclic) bond motifs is 4. The van der Waals surface area contributed by atoms with Crippen LogP contribution < -0.4 is 10.1 Å². The average molecular weight is 426 g/mol. The number of methoxy groups -OCH3 is 1. The maximum Gasteiger partial charge on any atom is 0.261 e. The van der Waals surface area contributed by atoms with E-state index < -0.39 is 17.7 Å². The summed E-state index contributed by atoms with van der Waals surface area (Å²) in [6.07, 6.45) is 1.48. The fourth-order valence-electron chi connectivity index (χ4n) is 3.94. The Hall–Kier alpha value is -4.39. The van der Waals surface area contributed by atoms with Gasteiger partial charge in [0.15, 0.2) is 0 Å². The molecule has 158 valence electrons. The average Bonchev–Trinajstić information content (AvgIpc) is 3.28. The number of nitrogens with one attached hydrogen (secondary N) is 1. The minimum absolute atomic E-state index is 0.114. The molecule has 0 spiro atoms. The van der Waals surface area contributed by atoms with Crippen molar-refractivity contribution >= 4 is 45.3 Å². The van der Waals surface area contributed by atoms with E-state index in [2.05, 4.69) is 11.9 Å². The molecule has 32 heavy (non-hydrogen) atoms. The van der Waals surface area contributed by atoms with Crippen LogP contribution in [0.5, 0.6) is 5.75 Å². The van der Waals surface area contributed by atoms with Gasteiger partial charge in [0.2, 0.25) is 0 Å². The summed E-state index contributed by atoms with van der Waals surface area (Å²) in [5, 5.41) is 4.64. The molecule has 1 N–H and O–H groups in total. The number of hydrogen-bond acceptors (Lipinski definition) is 5. The van der Waals surface area contributed by atoms with Crippen LogP contribution in [0.15, 0.2) is 71.7 Å². The van der Waals surface area contributed by atoms with Crippen molar-refractivity contribution in [2.75, 3.05) is 19.0 Å². The Labute approximate surface area is 182 Å². The minimum atomic E-state index is -0.444. The number of benzene rings is 3. The minimum Gasteiger partial charge on any atom is -0.495 e. The summed E-state index contributed by atoms with van der Waals surface area (Å²) < 4.78 is 11.4. The fourth-order valence-corrected chi connectivity index (χ4v) is 3.94. The maximum atomic E-state index is 13.0. The summed E-state index contributed by atoms with van der Waals surface area (Å²) in [5.41, 5.74) is 2.49. The van der Waals surface area contributed by atoms with Crippen LogP contribution in [0, 0.1) is 0 Å². The quantitative estimate of drug-likeness (QED) is 0.371. The van der Waals surface area contributed by atoms with E-state index in [9.17, 15) is 14.4 Å². The van der Waals surface area contributed by atoms with Crippen molar-refractivity contribution in [3.63, 3.8) is 0 Å². The van der Waals surface area contributed by atoms with Crippen LogP contribution in [0.1, 0.15) is 31.1 Å². The van der Waals surface area contributed by atoms with E-state index in [1.807, 2.05) is 30.3 Å². The molecule has 1 aliphatic heterocycles. The van der Waals surface area contributed by atoms with Crippen LogP contribution in [0.2, 0.25) is 0 Å². The number of rotatable bonds is 5. The number of carbonyl (C=O) groups excluding carboxylic acids is 3. The highest BCUT2D eigenvalue weighted by atomic mass is 16.5. The highest BCUT2D eigenvalue weighted by Crippen LogP contribution is 2.36. The van der Waals surface area contributed by atoms with Gasteiger partial charge in [-0.15, -0.1) is 6.58 Å². The molecule has 0 bridgehead atoms. The number of carbonyl (C=O) groups is 3. The van der Waals surface area contributed by atoms with Gasteiger partial charge in [-0.1, -0.05) is 24.3 Å². The van der Waals surface area contributed by atoms with Gasteiger partial charge < -0.3 is 14.5 Å². The van der Waals surface area contributed by atoms with Crippen molar-refractivity contribution in [2.24, 2.45) is 0 Å². The van der Waals surface area contributed by atoms with Crippen molar-refractivity contribution in [2.45, 2.75) is 0 Å². The largest absolute Gasteiger partial charge is 0.495 e. The van der Waals surface area contributed by atoms with Gasteiger partial charge >= 0.3 is 0 Å². The molecule has 0 saturated carbocycles. The lowest BCUT2D eigenvalue weighted by molar-refractivity contribution is 0.0672. The molecular weight excluding hydrogens is 408 g/mol. The first-order chi connectivity index (χ1) is 15.5. The molecule has 4 aromatic rings. The number of nitrogens with zero attached hydrogens (tertiary/aromatic N) is 1. The second kappa shape index (κ2) is 7.39. The second-order valence-corrected chi connectivity index (χ2v) is 7.37. The number of para-hydroxylation sites is 1. The number of furan rings is 1. The lowest BCUT2D eigenvalue weighted by Gasteiger charge is -2.11. The third-order valence-electron chi connectivity index (χ3n) is 5.49. The Morgan fingerprint density at radius 1 is 1.03 bits per heavy atom. The van der Waals surface area contributed by atoms with Crippen LogP contribution in [0.4, 0.5) is 5.69 Å². The van der Waals surface area contributed by atoms with Gasteiger partial charge in [-0.05, 0) is 30.3 Å². The van der Waals surface area contributed by atoms with Gasteiger partial charge in [0.25, 0.3) is 17.7 Å². The summed E-state index contributed by atoms with van der Waals surface area (Å²) in [7, 11) is 1.52. The smallest absolute Gasteiger partial charge is 0.261 e. The number of anilines is 1. The van der Waals surface area contributed by atoms with E-state index in [-0.39, 0.29) is 23.2 Å². The number of imide groups is 1. The molecule has 5 rings (SSSR count). The van der Waals surface area contributed by atoms with Gasteiger partial charge in [0, 0.05) is 28.9 Å². The third-order valence-corrected chi connectivity index (χ3v) is 5.49. The SMILES string of the molecule is C=CCN1C(=O)c2ccc(C(=O)Nc3cc4oc5ccccc5c4cc3OC)cc2C1=O. The van der Waals surface area contributed by atoms with Gasteiger partial charge in [0.1, 0.15) is 16.9 Å². The van der Waals surface area contributed by atoms with E-state index in [0.717, 1.165) is 21.3 Å². The van der Waals surface area contributed by atoms with E-state index >= 15 is 0 Å². The predicted octanol–water partition coefficient (Wildman–Crippen LogP) is 4.63. The summed E-state index contributed by atoms with van der Waals surface area (Å²) in [5.74, 6) is -0.805. The topological polar surface area (TPSA) is 88.8 Å². The van der Waals surface area contributed by atoms with Crippen molar-refractivity contribution < 1.29 is 23.5 Å². The van der Waals surface area contributed by atoms with Crippen LogP contribution in [0.25, 0.3) is 21.9 Å². The summed E-state index contributed by atoms with van der Waals surface area (Å²) in [6, 6.07) is 15.6. The van der Waals surface area contributed by atoms with Crippen molar-refractivity contribution in [1.29, 1.82) is 0 Å². The molecule has 0 fully saturated rings. The molecule has 2 heterocycles. The lowest BCUT2D eigenvalue weighted by Crippen LogP contribution is -2.29. The van der Waals surface area contributed by atoms with E-state index in [1.165, 1.54) is 31.4 Å². The molecule has 0 radical (unpaired) electrons. The van der Waals surface area contributed by atoms with Gasteiger partial charge in [-0.25, -0.2) is 0 Å². The molecule has 0 aliphatic carbocycles. The van der Waals surface area contributed by atoms with Crippen molar-refractivity contribution in [3.8, 4) is 5.75 Å². The number of amides is 3. The summed E-state index contributed by atoms with van der Waals surface area (Å²) >= 11 is 0. The van der Waals surface area contributed by atoms with Crippen LogP contribution in [-0.2, 0) is 0 Å². The summed E-state index contributed by atoms with van der Waals surface area (Å²) in [4.78, 5) is 39.0. The first-order valence-electron chi connectivity index (χ1n) is 9.93. The van der Waals surface area contributed by atoms with Crippen molar-refractivity contribution in [3.05, 3.63) is 83.9 Å². The molecule has 3 amide bonds. The predicted molar refractivity (Wildman–Crippen MR) is 120 cm³/mol. The fraction of sp³-hybridized carbons (Fsp3) is 0.0800. The van der Waals surface area contributed by atoms with E-state index in [0.29, 0.717) is 17.0 Å². The first-order valence-corrected chi connectivity index (χ1v) is 9.93. The zero-order valence-electron chi connectivity index (χ0n) is 17.2. The highest BCUT2D eigenvalue weighted by Gasteiger charge is 2.35. The molecule has 0 atom stereocenters. The van der Waals surface area contributed by atoms with Gasteiger partial charge in [0.05, 0.1) is 23.9 Å². The van der Waals surface area contributed by atoms with Gasteiger partial charge in [-0.2, -0.15) is 0 Å². The molecular formula is C25H18N2O5. The Kier molecular flexibility index (Phi) is 4.52. The highest BCUT2D eigenvalue weighted by molar-refractivity contribution is 6.22. The number of hydrogen-bond donors (Lipinski definition) is 1. The van der Waals surface area contributed by atoms with Gasteiger partial charge in [-0.3, -0.25) is 19.3 Å². The lowest BCUT2D eigenvalue weighted by atomic mass is 10.0. The molecule has 1 aromatic heterocycles. The zero-order chi connectivity index (χ0) is 22.4. The van der Waals surface area contributed by atoms with Crippen LogP contribution in [0.3, 0.4) is 0 Å². The maximum absolute atomic E-state index is 13.0. The molecule has 0 saturated heterocycles. The Morgan fingerprint density at radius 3 is 2.59 bits per heavy atom. The molecule has 7 heteroatoms. The Morgan fingerprint density at radius 2 is 1.81 bits per heavy atom. The monoisotopic (exact) mass is 426 g/mol.